The number of hydrogen-bond donors (Lipinski definition) is 0. The van der Waals surface area contributed by atoms with Crippen LogP contribution in [0.3, 0.4) is 0 Å². The molecule has 6 heteroatoms. The van der Waals surface area contributed by atoms with E-state index in [-0.39, 0.29) is 23.4 Å². The third-order valence-corrected chi connectivity index (χ3v) is 17.1. The number of rotatable bonds is 14. The number of hydrogen-bond acceptors (Lipinski definition) is 4. The molecule has 1 aliphatic heterocycles. The molecule has 34 heavy (non-hydrogen) atoms. The van der Waals surface area contributed by atoms with Crippen molar-refractivity contribution < 1.29 is 18.3 Å². The van der Waals surface area contributed by atoms with Gasteiger partial charge in [0.25, 0.3) is 0 Å². The Kier molecular flexibility index (Phi) is 11.1. The van der Waals surface area contributed by atoms with Crippen molar-refractivity contribution in [3.63, 3.8) is 0 Å². The van der Waals surface area contributed by atoms with E-state index in [1.54, 1.807) is 0 Å². The molecule has 1 aliphatic rings. The summed E-state index contributed by atoms with van der Waals surface area (Å²) in [6.45, 7) is 29.9. The molecule has 0 unspecified atom stereocenters. The van der Waals surface area contributed by atoms with Gasteiger partial charge in [0.05, 0.1) is 6.10 Å². The van der Waals surface area contributed by atoms with Gasteiger partial charge in [-0.25, -0.2) is 0 Å². The second kappa shape index (κ2) is 12.0. The standard InChI is InChI=1S/C28H52O4Si2/c1-14-20-21-28(16-3,32-34(17-4,18-5)19-6)22-24(31-33(12,13)26(7,8)9)25-23(15-2)29-27(10,11)30-25/h3,14-15,23-25H,1-2,17-22H2,4-13H3/t23-,24+,25-,28-/m1/s1. The van der Waals surface area contributed by atoms with Gasteiger partial charge < -0.3 is 18.3 Å². The maximum absolute atomic E-state index is 7.10. The summed E-state index contributed by atoms with van der Waals surface area (Å²) in [6, 6.07) is 3.11. The summed E-state index contributed by atoms with van der Waals surface area (Å²) in [4.78, 5) is 0. The summed E-state index contributed by atoms with van der Waals surface area (Å²) in [5.74, 6) is 2.40. The van der Waals surface area contributed by atoms with Crippen LogP contribution in [0.4, 0.5) is 0 Å². The minimum atomic E-state index is -2.15. The lowest BCUT2D eigenvalue weighted by molar-refractivity contribution is -0.155. The highest BCUT2D eigenvalue weighted by atomic mass is 28.4. The summed E-state index contributed by atoms with van der Waals surface area (Å²) >= 11 is 0. The van der Waals surface area contributed by atoms with E-state index in [1.165, 1.54) is 0 Å². The smallest absolute Gasteiger partial charge is 0.194 e. The van der Waals surface area contributed by atoms with Crippen LogP contribution in [0, 0.1) is 12.3 Å². The van der Waals surface area contributed by atoms with Gasteiger partial charge in [0, 0.05) is 6.42 Å². The van der Waals surface area contributed by atoms with E-state index in [4.69, 9.17) is 24.7 Å². The lowest BCUT2D eigenvalue weighted by Gasteiger charge is -2.45. The Morgan fingerprint density at radius 1 is 1.09 bits per heavy atom. The molecule has 1 fully saturated rings. The Bertz CT molecular complexity index is 707. The minimum Gasteiger partial charge on any atom is -0.411 e. The van der Waals surface area contributed by atoms with Gasteiger partial charge >= 0.3 is 0 Å². The summed E-state index contributed by atoms with van der Waals surface area (Å²) < 4.78 is 26.8. The first-order valence-electron chi connectivity index (χ1n) is 13.0. The molecule has 0 aromatic rings. The van der Waals surface area contributed by atoms with Gasteiger partial charge in [-0.3, -0.25) is 0 Å². The Balaban J connectivity index is 3.55. The second-order valence-electron chi connectivity index (χ2n) is 11.7. The molecular weight excluding hydrogens is 456 g/mol. The van der Waals surface area contributed by atoms with Crippen molar-refractivity contribution in [1.29, 1.82) is 0 Å². The molecule has 0 amide bonds. The second-order valence-corrected chi connectivity index (χ2v) is 21.2. The number of terminal acetylenes is 1. The van der Waals surface area contributed by atoms with Gasteiger partial charge in [-0.15, -0.1) is 19.6 Å². The summed E-state index contributed by atoms with van der Waals surface area (Å²) in [6.07, 6.45) is 11.3. The zero-order valence-electron chi connectivity index (χ0n) is 23.8. The molecule has 0 N–H and O–H groups in total. The van der Waals surface area contributed by atoms with Crippen LogP contribution in [0.5, 0.6) is 0 Å². The van der Waals surface area contributed by atoms with Crippen LogP contribution in [0.1, 0.15) is 74.7 Å². The van der Waals surface area contributed by atoms with Gasteiger partial charge in [-0.1, -0.05) is 59.6 Å². The SMILES string of the molecule is C#C[C@@](CCC=C)(C[C@H](O[Si](C)(C)C(C)(C)C)[C@@H]1OC(C)(C)O[C@@H]1C=C)O[Si](CC)(CC)CC. The molecular formula is C28H52O4Si2. The Morgan fingerprint density at radius 3 is 2.06 bits per heavy atom. The molecule has 0 aromatic heterocycles. The molecule has 0 spiro atoms. The fourth-order valence-corrected chi connectivity index (χ4v) is 8.80. The van der Waals surface area contributed by atoms with Crippen molar-refractivity contribution in [3.05, 3.63) is 25.3 Å². The molecule has 0 bridgehead atoms. The van der Waals surface area contributed by atoms with Crippen molar-refractivity contribution in [1.82, 2.24) is 0 Å². The van der Waals surface area contributed by atoms with E-state index >= 15 is 0 Å². The quantitative estimate of drug-likeness (QED) is 0.136. The lowest BCUT2D eigenvalue weighted by atomic mass is 9.89. The summed E-state index contributed by atoms with van der Waals surface area (Å²) in [5.41, 5.74) is -0.739. The molecule has 4 nitrogen and oxygen atoms in total. The van der Waals surface area contributed by atoms with Crippen LogP contribution in [0.15, 0.2) is 25.3 Å². The van der Waals surface area contributed by atoms with Crippen molar-refractivity contribution in [2.24, 2.45) is 0 Å². The maximum atomic E-state index is 7.10. The van der Waals surface area contributed by atoms with Gasteiger partial charge in [-0.05, 0) is 63.0 Å². The largest absolute Gasteiger partial charge is 0.411 e. The number of allylic oxidation sites excluding steroid dienone is 1. The average Bonchev–Trinajstić information content (AvgIpc) is 3.09. The molecule has 1 heterocycles. The van der Waals surface area contributed by atoms with Crippen molar-refractivity contribution in [2.75, 3.05) is 0 Å². The fraction of sp³-hybridized carbons (Fsp3) is 0.786. The first-order chi connectivity index (χ1) is 15.6. The number of ether oxygens (including phenoxy) is 2. The fourth-order valence-electron chi connectivity index (χ4n) is 4.46. The van der Waals surface area contributed by atoms with Crippen LogP contribution in [-0.2, 0) is 18.3 Å². The molecule has 0 radical (unpaired) electrons. The first-order valence-corrected chi connectivity index (χ1v) is 18.5. The molecule has 1 rings (SSSR count). The van der Waals surface area contributed by atoms with Crippen LogP contribution >= 0.6 is 0 Å². The molecule has 0 saturated carbocycles. The van der Waals surface area contributed by atoms with E-state index < -0.39 is 28.0 Å². The monoisotopic (exact) mass is 508 g/mol. The highest BCUT2D eigenvalue weighted by Crippen LogP contribution is 2.43. The molecule has 4 atom stereocenters. The maximum Gasteiger partial charge on any atom is 0.194 e. The lowest BCUT2D eigenvalue weighted by Crippen LogP contribution is -2.54. The van der Waals surface area contributed by atoms with Crippen molar-refractivity contribution in [2.45, 2.75) is 141 Å². The normalized spacial score (nSPS) is 23.7. The predicted molar refractivity (Wildman–Crippen MR) is 150 cm³/mol. The molecule has 0 aromatic carbocycles. The average molecular weight is 509 g/mol. The zero-order valence-corrected chi connectivity index (χ0v) is 25.8. The molecule has 196 valence electrons. The van der Waals surface area contributed by atoms with Crippen LogP contribution in [0.2, 0.25) is 36.3 Å². The van der Waals surface area contributed by atoms with Gasteiger partial charge in [0.15, 0.2) is 22.4 Å². The van der Waals surface area contributed by atoms with Crippen molar-refractivity contribution in [3.8, 4) is 12.3 Å². The third-order valence-electron chi connectivity index (χ3n) is 7.91. The van der Waals surface area contributed by atoms with Crippen molar-refractivity contribution >= 4 is 16.6 Å². The van der Waals surface area contributed by atoms with Gasteiger partial charge in [0.1, 0.15) is 17.8 Å². The van der Waals surface area contributed by atoms with Gasteiger partial charge in [0.2, 0.25) is 0 Å². The van der Waals surface area contributed by atoms with Crippen LogP contribution < -0.4 is 0 Å². The molecule has 0 aliphatic carbocycles. The first kappa shape index (κ1) is 31.3. The Morgan fingerprint density at radius 2 is 1.65 bits per heavy atom. The van der Waals surface area contributed by atoms with E-state index in [1.807, 2.05) is 26.0 Å². The minimum absolute atomic E-state index is 0.0411. The summed E-state index contributed by atoms with van der Waals surface area (Å²) in [5, 5.41) is 0.0411. The zero-order chi connectivity index (χ0) is 26.4. The topological polar surface area (TPSA) is 36.9 Å². The van der Waals surface area contributed by atoms with E-state index in [9.17, 15) is 0 Å². The van der Waals surface area contributed by atoms with E-state index in [0.717, 1.165) is 31.0 Å². The van der Waals surface area contributed by atoms with E-state index in [0.29, 0.717) is 6.42 Å². The van der Waals surface area contributed by atoms with Gasteiger partial charge in [-0.2, -0.15) is 0 Å². The highest BCUT2D eigenvalue weighted by Gasteiger charge is 2.51. The van der Waals surface area contributed by atoms with E-state index in [2.05, 4.69) is 73.7 Å². The highest BCUT2D eigenvalue weighted by molar-refractivity contribution is 6.74. The Labute approximate surface area is 213 Å². The van der Waals surface area contributed by atoms with Crippen LogP contribution in [-0.4, -0.2) is 46.3 Å². The third kappa shape index (κ3) is 7.65. The predicted octanol–water partition coefficient (Wildman–Crippen LogP) is 7.83. The summed E-state index contributed by atoms with van der Waals surface area (Å²) in [7, 11) is -4.15. The van der Waals surface area contributed by atoms with Crippen LogP contribution in [0.25, 0.3) is 0 Å². The Hall–Kier alpha value is -0.686. The molecule has 1 saturated heterocycles.